The minimum Gasteiger partial charge on any atom is -0.478 e. The van der Waals surface area contributed by atoms with E-state index in [-0.39, 0.29) is 11.9 Å². The molecule has 0 saturated heterocycles. The van der Waals surface area contributed by atoms with Crippen LogP contribution in [0.2, 0.25) is 0 Å². The molecule has 2 aromatic carbocycles. The van der Waals surface area contributed by atoms with Crippen molar-refractivity contribution in [2.45, 2.75) is 25.4 Å². The Balaban J connectivity index is 1.96. The number of fused-ring (bicyclic) bond motifs is 1. The molecular formula is C18H18O3. The molecule has 0 radical (unpaired) electrons. The van der Waals surface area contributed by atoms with Gasteiger partial charge in [-0.25, -0.2) is 4.79 Å². The van der Waals surface area contributed by atoms with E-state index in [0.717, 1.165) is 23.3 Å². The third-order valence-electron chi connectivity index (χ3n) is 3.78. The topological polar surface area (TPSA) is 35.5 Å². The van der Waals surface area contributed by atoms with Crippen LogP contribution in [0, 0.1) is 0 Å². The Kier molecular flexibility index (Phi) is 3.91. The van der Waals surface area contributed by atoms with Crippen molar-refractivity contribution >= 4 is 5.97 Å². The second-order valence-electron chi connectivity index (χ2n) is 5.12. The monoisotopic (exact) mass is 282 g/mol. The van der Waals surface area contributed by atoms with Gasteiger partial charge in [0.1, 0.15) is 5.75 Å². The number of ether oxygens (including phenoxy) is 2. The zero-order valence-electron chi connectivity index (χ0n) is 12.0. The van der Waals surface area contributed by atoms with Gasteiger partial charge in [0.05, 0.1) is 6.61 Å². The third kappa shape index (κ3) is 2.77. The number of carbonyl (C=O) groups excluding carboxylic acids is 1. The molecule has 0 saturated carbocycles. The van der Waals surface area contributed by atoms with Gasteiger partial charge in [-0.3, -0.25) is 0 Å². The summed E-state index contributed by atoms with van der Waals surface area (Å²) in [6.07, 6.45) is 0.200. The number of hydrogen-bond donors (Lipinski definition) is 0. The van der Waals surface area contributed by atoms with Gasteiger partial charge in [-0.2, -0.15) is 0 Å². The zero-order valence-corrected chi connectivity index (χ0v) is 12.0. The van der Waals surface area contributed by atoms with E-state index in [9.17, 15) is 4.79 Å². The van der Waals surface area contributed by atoms with Crippen LogP contribution in [0.4, 0.5) is 0 Å². The van der Waals surface area contributed by atoms with E-state index < -0.39 is 6.10 Å². The maximum absolute atomic E-state index is 12.2. The van der Waals surface area contributed by atoms with Crippen molar-refractivity contribution in [2.24, 2.45) is 0 Å². The fourth-order valence-electron chi connectivity index (χ4n) is 2.78. The number of carbonyl (C=O) groups is 1. The summed E-state index contributed by atoms with van der Waals surface area (Å²) >= 11 is 0. The van der Waals surface area contributed by atoms with Gasteiger partial charge in [0.2, 0.25) is 6.10 Å². The predicted molar refractivity (Wildman–Crippen MR) is 80.4 cm³/mol. The largest absolute Gasteiger partial charge is 0.478 e. The molecule has 3 nitrogen and oxygen atoms in total. The average Bonchev–Trinajstić information content (AvgIpc) is 2.54. The first-order valence-electron chi connectivity index (χ1n) is 7.25. The molecule has 3 heteroatoms. The Bertz CT molecular complexity index is 621. The summed E-state index contributed by atoms with van der Waals surface area (Å²) in [6, 6.07) is 17.9. The fraction of sp³-hybridized carbons (Fsp3) is 0.278. The van der Waals surface area contributed by atoms with E-state index in [1.807, 2.05) is 61.5 Å². The highest BCUT2D eigenvalue weighted by molar-refractivity contribution is 5.77. The normalized spacial score (nSPS) is 20.2. The van der Waals surface area contributed by atoms with Crippen LogP contribution in [0.25, 0.3) is 0 Å². The van der Waals surface area contributed by atoms with Crippen LogP contribution in [0.15, 0.2) is 54.6 Å². The molecule has 0 bridgehead atoms. The van der Waals surface area contributed by atoms with Crippen LogP contribution in [-0.4, -0.2) is 18.7 Å². The first kappa shape index (κ1) is 13.7. The highest BCUT2D eigenvalue weighted by Crippen LogP contribution is 2.36. The maximum Gasteiger partial charge on any atom is 0.347 e. The Hall–Kier alpha value is -2.29. The van der Waals surface area contributed by atoms with Crippen molar-refractivity contribution in [3.8, 4) is 5.75 Å². The van der Waals surface area contributed by atoms with E-state index in [0.29, 0.717) is 6.61 Å². The summed E-state index contributed by atoms with van der Waals surface area (Å²) in [4.78, 5) is 12.2. The molecule has 1 aliphatic rings. The molecule has 2 aromatic rings. The maximum atomic E-state index is 12.2. The van der Waals surface area contributed by atoms with E-state index >= 15 is 0 Å². The van der Waals surface area contributed by atoms with Gasteiger partial charge in [-0.05, 0) is 30.5 Å². The number of benzene rings is 2. The lowest BCUT2D eigenvalue weighted by atomic mass is 9.85. The predicted octanol–water partition coefficient (Wildman–Crippen LogP) is 3.34. The lowest BCUT2D eigenvalue weighted by Crippen LogP contribution is -2.39. The Labute approximate surface area is 124 Å². The Morgan fingerprint density at radius 3 is 2.62 bits per heavy atom. The Morgan fingerprint density at radius 1 is 1.14 bits per heavy atom. The highest BCUT2D eigenvalue weighted by atomic mass is 16.6. The van der Waals surface area contributed by atoms with Gasteiger partial charge in [-0.1, -0.05) is 48.5 Å². The SMILES string of the molecule is CCOC(=O)[C@@H]1Oc2ccccc2C[C@H]1c1ccccc1. The van der Waals surface area contributed by atoms with Crippen molar-refractivity contribution in [2.75, 3.05) is 6.61 Å². The van der Waals surface area contributed by atoms with Crippen LogP contribution in [0.1, 0.15) is 24.0 Å². The molecule has 108 valence electrons. The molecule has 3 rings (SSSR count). The third-order valence-corrected chi connectivity index (χ3v) is 3.78. The molecule has 1 aliphatic heterocycles. The summed E-state index contributed by atoms with van der Waals surface area (Å²) in [6.45, 7) is 2.17. The lowest BCUT2D eigenvalue weighted by Gasteiger charge is -2.32. The first-order chi connectivity index (χ1) is 10.3. The molecule has 0 fully saturated rings. The Morgan fingerprint density at radius 2 is 1.86 bits per heavy atom. The summed E-state index contributed by atoms with van der Waals surface area (Å²) in [5.74, 6) is 0.476. The van der Waals surface area contributed by atoms with Crippen LogP contribution in [0.5, 0.6) is 5.75 Å². The van der Waals surface area contributed by atoms with Gasteiger partial charge >= 0.3 is 5.97 Å². The second kappa shape index (κ2) is 6.00. The average molecular weight is 282 g/mol. The summed E-state index contributed by atoms with van der Waals surface area (Å²) < 4.78 is 11.1. The summed E-state index contributed by atoms with van der Waals surface area (Å²) in [5, 5.41) is 0. The van der Waals surface area contributed by atoms with E-state index in [4.69, 9.17) is 9.47 Å². The zero-order chi connectivity index (χ0) is 14.7. The molecule has 1 heterocycles. The molecule has 0 amide bonds. The van der Waals surface area contributed by atoms with Crippen molar-refractivity contribution in [1.82, 2.24) is 0 Å². The standard InChI is InChI=1S/C18H18O3/c1-2-20-18(19)17-15(13-8-4-3-5-9-13)12-14-10-6-7-11-16(14)21-17/h3-11,15,17H,2,12H2,1H3/t15-,17+/m0/s1. The van der Waals surface area contributed by atoms with Crippen molar-refractivity contribution in [1.29, 1.82) is 0 Å². The minimum atomic E-state index is -0.581. The van der Waals surface area contributed by atoms with E-state index in [2.05, 4.69) is 0 Å². The molecule has 0 aromatic heterocycles. The van der Waals surface area contributed by atoms with Crippen molar-refractivity contribution < 1.29 is 14.3 Å². The van der Waals surface area contributed by atoms with E-state index in [1.54, 1.807) is 0 Å². The number of hydrogen-bond acceptors (Lipinski definition) is 3. The van der Waals surface area contributed by atoms with Crippen LogP contribution >= 0.6 is 0 Å². The number of rotatable bonds is 3. The number of esters is 1. The molecular weight excluding hydrogens is 264 g/mol. The van der Waals surface area contributed by atoms with Gasteiger partial charge < -0.3 is 9.47 Å². The van der Waals surface area contributed by atoms with Gasteiger partial charge in [0.25, 0.3) is 0 Å². The molecule has 2 atom stereocenters. The highest BCUT2D eigenvalue weighted by Gasteiger charge is 2.37. The molecule has 0 unspecified atom stereocenters. The second-order valence-corrected chi connectivity index (χ2v) is 5.12. The van der Waals surface area contributed by atoms with Gasteiger partial charge in [0.15, 0.2) is 0 Å². The quantitative estimate of drug-likeness (QED) is 0.810. The summed E-state index contributed by atoms with van der Waals surface area (Å²) in [7, 11) is 0. The van der Waals surface area contributed by atoms with Crippen molar-refractivity contribution in [3.05, 3.63) is 65.7 Å². The summed E-state index contributed by atoms with van der Waals surface area (Å²) in [5.41, 5.74) is 2.23. The molecule has 21 heavy (non-hydrogen) atoms. The van der Waals surface area contributed by atoms with E-state index in [1.165, 1.54) is 0 Å². The smallest absolute Gasteiger partial charge is 0.347 e. The van der Waals surface area contributed by atoms with Crippen LogP contribution in [-0.2, 0) is 16.0 Å². The van der Waals surface area contributed by atoms with Gasteiger partial charge in [0, 0.05) is 5.92 Å². The molecule has 0 N–H and O–H groups in total. The minimum absolute atomic E-state index is 0.0138. The molecule has 0 aliphatic carbocycles. The van der Waals surface area contributed by atoms with Gasteiger partial charge in [-0.15, -0.1) is 0 Å². The van der Waals surface area contributed by atoms with Crippen molar-refractivity contribution in [3.63, 3.8) is 0 Å². The van der Waals surface area contributed by atoms with Crippen LogP contribution in [0.3, 0.4) is 0 Å². The van der Waals surface area contributed by atoms with Crippen LogP contribution < -0.4 is 4.74 Å². The first-order valence-corrected chi connectivity index (χ1v) is 7.25. The number of para-hydroxylation sites is 1. The lowest BCUT2D eigenvalue weighted by molar-refractivity contribution is -0.153. The fourth-order valence-corrected chi connectivity index (χ4v) is 2.78. The molecule has 0 spiro atoms.